The number of rotatable bonds is 5. The molecular formula is C17H23N3S. The van der Waals surface area contributed by atoms with Gasteiger partial charge in [-0.25, -0.2) is 4.98 Å². The van der Waals surface area contributed by atoms with Crippen LogP contribution in [0.15, 0.2) is 36.5 Å². The van der Waals surface area contributed by atoms with Crippen molar-refractivity contribution in [3.63, 3.8) is 0 Å². The third-order valence-electron chi connectivity index (χ3n) is 4.07. The predicted molar refractivity (Wildman–Crippen MR) is 88.4 cm³/mol. The fourth-order valence-corrected chi connectivity index (χ4v) is 3.61. The van der Waals surface area contributed by atoms with Crippen LogP contribution in [0.3, 0.4) is 0 Å². The van der Waals surface area contributed by atoms with E-state index in [1.165, 1.54) is 36.4 Å². The third-order valence-corrected chi connectivity index (χ3v) is 4.98. The van der Waals surface area contributed by atoms with Crippen LogP contribution in [0, 0.1) is 6.92 Å². The predicted octanol–water partition coefficient (Wildman–Crippen LogP) is 3.21. The van der Waals surface area contributed by atoms with Crippen molar-refractivity contribution >= 4 is 11.3 Å². The van der Waals surface area contributed by atoms with Crippen molar-refractivity contribution in [2.24, 2.45) is 0 Å². The third kappa shape index (κ3) is 4.37. The SMILES string of the molecule is Cc1ncc(CNC2CCN(Cc3ccccc3)CC2)s1. The minimum Gasteiger partial charge on any atom is -0.309 e. The van der Waals surface area contributed by atoms with Crippen molar-refractivity contribution in [2.75, 3.05) is 13.1 Å². The lowest BCUT2D eigenvalue weighted by Gasteiger charge is -2.32. The molecule has 0 amide bonds. The number of thiazole rings is 1. The summed E-state index contributed by atoms with van der Waals surface area (Å²) in [5.74, 6) is 0. The molecule has 0 bridgehead atoms. The van der Waals surface area contributed by atoms with Gasteiger partial charge in [0.25, 0.3) is 0 Å². The largest absolute Gasteiger partial charge is 0.309 e. The maximum atomic E-state index is 4.31. The van der Waals surface area contributed by atoms with Crippen LogP contribution >= 0.6 is 11.3 Å². The van der Waals surface area contributed by atoms with Gasteiger partial charge in [-0.3, -0.25) is 4.90 Å². The van der Waals surface area contributed by atoms with Crippen LogP contribution in [-0.4, -0.2) is 29.0 Å². The van der Waals surface area contributed by atoms with Crippen LogP contribution < -0.4 is 5.32 Å². The second-order valence-corrected chi connectivity index (χ2v) is 7.08. The van der Waals surface area contributed by atoms with E-state index in [2.05, 4.69) is 52.5 Å². The van der Waals surface area contributed by atoms with E-state index in [1.807, 2.05) is 6.20 Å². The minimum absolute atomic E-state index is 0.652. The van der Waals surface area contributed by atoms with E-state index < -0.39 is 0 Å². The zero-order valence-corrected chi connectivity index (χ0v) is 13.4. The molecule has 0 radical (unpaired) electrons. The van der Waals surface area contributed by atoms with Crippen LogP contribution in [0.5, 0.6) is 0 Å². The molecule has 0 aliphatic carbocycles. The summed E-state index contributed by atoms with van der Waals surface area (Å²) >= 11 is 1.79. The lowest BCUT2D eigenvalue weighted by atomic mass is 10.0. The van der Waals surface area contributed by atoms with E-state index in [0.29, 0.717) is 6.04 Å². The molecule has 3 nitrogen and oxygen atoms in total. The fourth-order valence-electron chi connectivity index (χ4n) is 2.87. The van der Waals surface area contributed by atoms with Crippen LogP contribution in [-0.2, 0) is 13.1 Å². The standard InChI is InChI=1S/C17H23N3S/c1-14-18-11-17(21-14)12-19-16-7-9-20(10-8-16)13-15-5-3-2-4-6-15/h2-6,11,16,19H,7-10,12-13H2,1H3. The Morgan fingerprint density at radius 3 is 2.67 bits per heavy atom. The summed E-state index contributed by atoms with van der Waals surface area (Å²) in [6.07, 6.45) is 4.48. The molecule has 1 aliphatic rings. The number of aryl methyl sites for hydroxylation is 1. The summed E-state index contributed by atoms with van der Waals surface area (Å²) in [5, 5.41) is 4.84. The van der Waals surface area contributed by atoms with Crippen molar-refractivity contribution < 1.29 is 0 Å². The Kier molecular flexibility index (Phi) is 5.01. The van der Waals surface area contributed by atoms with Gasteiger partial charge in [0.2, 0.25) is 0 Å². The summed E-state index contributed by atoms with van der Waals surface area (Å²) in [6, 6.07) is 11.4. The van der Waals surface area contributed by atoms with Crippen molar-refractivity contribution in [2.45, 2.75) is 38.9 Å². The first-order chi connectivity index (χ1) is 10.3. The highest BCUT2D eigenvalue weighted by Gasteiger charge is 2.18. The van der Waals surface area contributed by atoms with Gasteiger partial charge in [0.15, 0.2) is 0 Å². The van der Waals surface area contributed by atoms with Gasteiger partial charge >= 0.3 is 0 Å². The van der Waals surface area contributed by atoms with Gasteiger partial charge in [-0.1, -0.05) is 30.3 Å². The first kappa shape index (κ1) is 14.7. The summed E-state index contributed by atoms with van der Waals surface area (Å²) in [7, 11) is 0. The normalized spacial score (nSPS) is 17.2. The van der Waals surface area contributed by atoms with E-state index >= 15 is 0 Å². The van der Waals surface area contributed by atoms with Gasteiger partial charge in [0, 0.05) is 30.2 Å². The number of hydrogen-bond donors (Lipinski definition) is 1. The second kappa shape index (κ2) is 7.16. The number of piperidine rings is 1. The number of nitrogens with one attached hydrogen (secondary N) is 1. The molecule has 1 saturated heterocycles. The summed E-state index contributed by atoms with van der Waals surface area (Å²) in [4.78, 5) is 8.22. The van der Waals surface area contributed by atoms with E-state index in [0.717, 1.165) is 18.1 Å². The first-order valence-corrected chi connectivity index (χ1v) is 8.52. The highest BCUT2D eigenvalue weighted by Crippen LogP contribution is 2.16. The van der Waals surface area contributed by atoms with Gasteiger partial charge in [-0.05, 0) is 38.4 Å². The molecule has 2 aromatic rings. The molecule has 2 heterocycles. The van der Waals surface area contributed by atoms with Crippen molar-refractivity contribution in [1.82, 2.24) is 15.2 Å². The summed E-state index contributed by atoms with van der Waals surface area (Å²) in [6.45, 7) is 6.50. The highest BCUT2D eigenvalue weighted by molar-refractivity contribution is 7.11. The summed E-state index contributed by atoms with van der Waals surface area (Å²) in [5.41, 5.74) is 1.42. The Morgan fingerprint density at radius 2 is 2.00 bits per heavy atom. The Morgan fingerprint density at radius 1 is 1.24 bits per heavy atom. The molecule has 0 spiro atoms. The molecule has 1 aromatic heterocycles. The maximum Gasteiger partial charge on any atom is 0.0897 e. The van der Waals surface area contributed by atoms with Crippen LogP contribution in [0.4, 0.5) is 0 Å². The van der Waals surface area contributed by atoms with E-state index in [4.69, 9.17) is 0 Å². The van der Waals surface area contributed by atoms with Crippen molar-refractivity contribution in [1.29, 1.82) is 0 Å². The first-order valence-electron chi connectivity index (χ1n) is 7.70. The molecule has 1 aliphatic heterocycles. The monoisotopic (exact) mass is 301 g/mol. The topological polar surface area (TPSA) is 28.2 Å². The summed E-state index contributed by atoms with van der Waals surface area (Å²) < 4.78 is 0. The molecule has 3 rings (SSSR count). The van der Waals surface area contributed by atoms with Gasteiger partial charge in [-0.2, -0.15) is 0 Å². The second-order valence-electron chi connectivity index (χ2n) is 5.76. The van der Waals surface area contributed by atoms with Gasteiger partial charge in [0.05, 0.1) is 5.01 Å². The number of aromatic nitrogens is 1. The quantitative estimate of drug-likeness (QED) is 0.919. The zero-order chi connectivity index (χ0) is 14.5. The molecule has 1 aromatic carbocycles. The molecule has 4 heteroatoms. The lowest BCUT2D eigenvalue weighted by molar-refractivity contribution is 0.190. The number of hydrogen-bond acceptors (Lipinski definition) is 4. The zero-order valence-electron chi connectivity index (χ0n) is 12.6. The van der Waals surface area contributed by atoms with Crippen molar-refractivity contribution in [3.05, 3.63) is 52.0 Å². The molecule has 0 saturated carbocycles. The van der Waals surface area contributed by atoms with Gasteiger partial charge in [0.1, 0.15) is 0 Å². The smallest absolute Gasteiger partial charge is 0.0897 e. The Bertz CT molecular complexity index is 544. The van der Waals surface area contributed by atoms with E-state index in [-0.39, 0.29) is 0 Å². The fraction of sp³-hybridized carbons (Fsp3) is 0.471. The lowest BCUT2D eigenvalue weighted by Crippen LogP contribution is -2.41. The van der Waals surface area contributed by atoms with Crippen LogP contribution in [0.2, 0.25) is 0 Å². The van der Waals surface area contributed by atoms with Crippen LogP contribution in [0.1, 0.15) is 28.3 Å². The average Bonchev–Trinajstić information content (AvgIpc) is 2.93. The number of nitrogens with zero attached hydrogens (tertiary/aromatic N) is 2. The highest BCUT2D eigenvalue weighted by atomic mass is 32.1. The van der Waals surface area contributed by atoms with Gasteiger partial charge < -0.3 is 5.32 Å². The molecular weight excluding hydrogens is 278 g/mol. The Hall–Kier alpha value is -1.23. The number of likely N-dealkylation sites (tertiary alicyclic amines) is 1. The number of benzene rings is 1. The van der Waals surface area contributed by atoms with Crippen LogP contribution in [0.25, 0.3) is 0 Å². The molecule has 0 unspecified atom stereocenters. The van der Waals surface area contributed by atoms with Crippen molar-refractivity contribution in [3.8, 4) is 0 Å². The average molecular weight is 301 g/mol. The Balaban J connectivity index is 1.40. The molecule has 112 valence electrons. The molecule has 1 N–H and O–H groups in total. The minimum atomic E-state index is 0.652. The van der Waals surface area contributed by atoms with Gasteiger partial charge in [-0.15, -0.1) is 11.3 Å². The Labute approximate surface area is 131 Å². The molecule has 0 atom stereocenters. The van der Waals surface area contributed by atoms with E-state index in [1.54, 1.807) is 11.3 Å². The maximum absolute atomic E-state index is 4.31. The van der Waals surface area contributed by atoms with E-state index in [9.17, 15) is 0 Å². The molecule has 21 heavy (non-hydrogen) atoms. The molecule has 1 fully saturated rings.